The van der Waals surface area contributed by atoms with Gasteiger partial charge in [0.15, 0.2) is 0 Å². The minimum absolute atomic E-state index is 0.671. The molecule has 110 valence electrons. The van der Waals surface area contributed by atoms with Crippen LogP contribution in [0.2, 0.25) is 0 Å². The number of nitrogen functional groups attached to an aromatic ring is 1. The fraction of sp³-hybridized carbons (Fsp3) is 0.333. The van der Waals surface area contributed by atoms with E-state index in [2.05, 4.69) is 36.1 Å². The summed E-state index contributed by atoms with van der Waals surface area (Å²) in [6.45, 7) is 4.97. The van der Waals surface area contributed by atoms with Gasteiger partial charge in [-0.3, -0.25) is 0 Å². The van der Waals surface area contributed by atoms with E-state index in [4.69, 9.17) is 10.5 Å². The van der Waals surface area contributed by atoms with Gasteiger partial charge in [0, 0.05) is 24.0 Å². The molecule has 0 spiro atoms. The van der Waals surface area contributed by atoms with Gasteiger partial charge in [0.1, 0.15) is 12.4 Å². The summed E-state index contributed by atoms with van der Waals surface area (Å²) in [4.78, 5) is 2.43. The largest absolute Gasteiger partial charge is 0.492 e. The Labute approximate surface area is 126 Å². The Morgan fingerprint density at radius 3 is 2.90 bits per heavy atom. The Kier molecular flexibility index (Phi) is 4.00. The molecular formula is C18H22N2O. The van der Waals surface area contributed by atoms with Gasteiger partial charge < -0.3 is 15.4 Å². The van der Waals surface area contributed by atoms with Gasteiger partial charge in [-0.25, -0.2) is 0 Å². The molecule has 0 aromatic heterocycles. The summed E-state index contributed by atoms with van der Waals surface area (Å²) in [6.07, 6.45) is 1.17. The number of ether oxygens (including phenoxy) is 1. The predicted molar refractivity (Wildman–Crippen MR) is 87.9 cm³/mol. The molecule has 21 heavy (non-hydrogen) atoms. The quantitative estimate of drug-likeness (QED) is 0.874. The summed E-state index contributed by atoms with van der Waals surface area (Å²) in [5, 5.41) is 0. The number of hydrogen-bond donors (Lipinski definition) is 1. The van der Waals surface area contributed by atoms with Crippen molar-refractivity contribution in [2.75, 3.05) is 30.3 Å². The Balaban J connectivity index is 1.63. The van der Waals surface area contributed by atoms with Crippen molar-refractivity contribution < 1.29 is 4.74 Å². The van der Waals surface area contributed by atoms with Crippen LogP contribution in [0.4, 0.5) is 11.4 Å². The van der Waals surface area contributed by atoms with E-state index in [9.17, 15) is 0 Å². The molecule has 3 rings (SSSR count). The fourth-order valence-corrected chi connectivity index (χ4v) is 3.00. The molecule has 2 aromatic rings. The fourth-order valence-electron chi connectivity index (χ4n) is 3.00. The lowest BCUT2D eigenvalue weighted by Gasteiger charge is -2.34. The molecule has 0 saturated carbocycles. The smallest absolute Gasteiger partial charge is 0.121 e. The Morgan fingerprint density at radius 1 is 1.19 bits per heavy atom. The zero-order valence-corrected chi connectivity index (χ0v) is 12.5. The number of benzene rings is 2. The first-order valence-electron chi connectivity index (χ1n) is 7.53. The van der Waals surface area contributed by atoms with Crippen molar-refractivity contribution >= 4 is 11.4 Å². The van der Waals surface area contributed by atoms with Crippen LogP contribution in [-0.4, -0.2) is 19.7 Å². The van der Waals surface area contributed by atoms with Crippen LogP contribution in [0.25, 0.3) is 0 Å². The average molecular weight is 282 g/mol. The molecule has 0 radical (unpaired) electrons. The Morgan fingerprint density at radius 2 is 2.05 bits per heavy atom. The van der Waals surface area contributed by atoms with Crippen molar-refractivity contribution in [3.63, 3.8) is 0 Å². The molecule has 0 aliphatic carbocycles. The molecule has 0 fully saturated rings. The summed E-state index contributed by atoms with van der Waals surface area (Å²) in [6, 6.07) is 16.3. The van der Waals surface area contributed by atoms with Crippen LogP contribution in [-0.2, 0) is 6.42 Å². The van der Waals surface area contributed by atoms with E-state index in [1.165, 1.54) is 17.7 Å². The van der Waals surface area contributed by atoms with Crippen molar-refractivity contribution in [3.05, 3.63) is 54.1 Å². The van der Waals surface area contributed by atoms with Crippen molar-refractivity contribution in [1.82, 2.24) is 0 Å². The molecule has 1 aliphatic heterocycles. The van der Waals surface area contributed by atoms with Crippen LogP contribution in [0.1, 0.15) is 12.5 Å². The number of rotatable bonds is 4. The van der Waals surface area contributed by atoms with Gasteiger partial charge in [-0.1, -0.05) is 31.2 Å². The average Bonchev–Trinajstić information content (AvgIpc) is 2.47. The number of hydrogen-bond acceptors (Lipinski definition) is 3. The van der Waals surface area contributed by atoms with Crippen LogP contribution < -0.4 is 15.4 Å². The molecule has 2 aromatic carbocycles. The molecule has 2 N–H and O–H groups in total. The van der Waals surface area contributed by atoms with Crippen molar-refractivity contribution in [2.24, 2.45) is 5.92 Å². The molecule has 1 heterocycles. The molecule has 0 amide bonds. The van der Waals surface area contributed by atoms with Crippen molar-refractivity contribution in [2.45, 2.75) is 13.3 Å². The third-order valence-electron chi connectivity index (χ3n) is 3.92. The molecule has 3 heteroatoms. The van der Waals surface area contributed by atoms with E-state index in [1.807, 2.05) is 24.3 Å². The maximum Gasteiger partial charge on any atom is 0.121 e. The van der Waals surface area contributed by atoms with E-state index >= 15 is 0 Å². The third-order valence-corrected chi connectivity index (χ3v) is 3.92. The highest BCUT2D eigenvalue weighted by atomic mass is 16.5. The number of nitrogens with two attached hydrogens (primary N) is 1. The van der Waals surface area contributed by atoms with Crippen molar-refractivity contribution in [3.8, 4) is 5.75 Å². The topological polar surface area (TPSA) is 38.5 Å². The zero-order chi connectivity index (χ0) is 14.7. The third kappa shape index (κ3) is 3.30. The molecule has 1 aliphatic rings. The van der Waals surface area contributed by atoms with Crippen LogP contribution in [0.15, 0.2) is 48.5 Å². The first kappa shape index (κ1) is 13.8. The molecule has 0 saturated heterocycles. The minimum atomic E-state index is 0.671. The minimum Gasteiger partial charge on any atom is -0.492 e. The lowest BCUT2D eigenvalue weighted by atomic mass is 9.94. The number of para-hydroxylation sites is 1. The van der Waals surface area contributed by atoms with Gasteiger partial charge >= 0.3 is 0 Å². The summed E-state index contributed by atoms with van der Waals surface area (Å²) in [5.41, 5.74) is 9.30. The second kappa shape index (κ2) is 6.08. The van der Waals surface area contributed by atoms with Gasteiger partial charge in [-0.2, -0.15) is 0 Å². The van der Waals surface area contributed by atoms with Gasteiger partial charge in [0.25, 0.3) is 0 Å². The van der Waals surface area contributed by atoms with Crippen LogP contribution in [0, 0.1) is 5.92 Å². The van der Waals surface area contributed by atoms with E-state index in [1.54, 1.807) is 0 Å². The highest BCUT2D eigenvalue weighted by Crippen LogP contribution is 2.29. The molecule has 3 nitrogen and oxygen atoms in total. The second-order valence-electron chi connectivity index (χ2n) is 5.80. The molecule has 1 atom stereocenters. The summed E-state index contributed by atoms with van der Waals surface area (Å²) >= 11 is 0. The van der Waals surface area contributed by atoms with Gasteiger partial charge in [0.2, 0.25) is 0 Å². The number of nitrogens with zero attached hydrogens (tertiary/aromatic N) is 1. The monoisotopic (exact) mass is 282 g/mol. The van der Waals surface area contributed by atoms with Crippen LogP contribution in [0.3, 0.4) is 0 Å². The molecule has 1 unspecified atom stereocenters. The summed E-state index contributed by atoms with van der Waals surface area (Å²) < 4.78 is 5.82. The van der Waals surface area contributed by atoms with E-state index in [0.717, 1.165) is 24.5 Å². The second-order valence-corrected chi connectivity index (χ2v) is 5.80. The first-order chi connectivity index (χ1) is 10.2. The van der Waals surface area contributed by atoms with E-state index < -0.39 is 0 Å². The first-order valence-corrected chi connectivity index (χ1v) is 7.53. The molecule has 0 bridgehead atoms. The maximum absolute atomic E-state index is 5.82. The zero-order valence-electron chi connectivity index (χ0n) is 12.5. The standard InChI is InChI=1S/C18H22N2O/c1-14-11-15-5-2-3-8-18(15)20(13-14)9-10-21-17-7-4-6-16(19)12-17/h2-8,12,14H,9-11,13,19H2,1H3. The highest BCUT2D eigenvalue weighted by molar-refractivity contribution is 5.55. The summed E-state index contributed by atoms with van der Waals surface area (Å²) in [7, 11) is 0. The van der Waals surface area contributed by atoms with Crippen molar-refractivity contribution in [1.29, 1.82) is 0 Å². The Bertz CT molecular complexity index is 612. The highest BCUT2D eigenvalue weighted by Gasteiger charge is 2.20. The normalized spacial score (nSPS) is 17.4. The van der Waals surface area contributed by atoms with Crippen LogP contribution in [0.5, 0.6) is 5.75 Å². The SMILES string of the molecule is CC1Cc2ccccc2N(CCOc2cccc(N)c2)C1. The van der Waals surface area contributed by atoms with Crippen LogP contribution >= 0.6 is 0 Å². The number of fused-ring (bicyclic) bond motifs is 1. The maximum atomic E-state index is 5.82. The lowest BCUT2D eigenvalue weighted by Crippen LogP contribution is -2.37. The number of anilines is 2. The van der Waals surface area contributed by atoms with Gasteiger partial charge in [0.05, 0.1) is 6.54 Å². The predicted octanol–water partition coefficient (Wildman–Crippen LogP) is 3.35. The lowest BCUT2D eigenvalue weighted by molar-refractivity contribution is 0.319. The Hall–Kier alpha value is -2.16. The molecular weight excluding hydrogens is 260 g/mol. The van der Waals surface area contributed by atoms with Gasteiger partial charge in [-0.05, 0) is 36.1 Å². The summed E-state index contributed by atoms with van der Waals surface area (Å²) in [5.74, 6) is 1.53. The van der Waals surface area contributed by atoms with E-state index in [-0.39, 0.29) is 0 Å². The van der Waals surface area contributed by atoms with Gasteiger partial charge in [-0.15, -0.1) is 0 Å². The van der Waals surface area contributed by atoms with E-state index in [0.29, 0.717) is 12.5 Å².